The minimum atomic E-state index is 0.719. The Kier molecular flexibility index (Phi) is 2.64. The Morgan fingerprint density at radius 1 is 1.54 bits per heavy atom. The van der Waals surface area contributed by atoms with E-state index < -0.39 is 0 Å². The lowest BCUT2D eigenvalue weighted by molar-refractivity contribution is 0.263. The van der Waals surface area contributed by atoms with Crippen molar-refractivity contribution in [2.45, 2.75) is 32.2 Å². The summed E-state index contributed by atoms with van der Waals surface area (Å²) in [6, 6.07) is 2.07. The van der Waals surface area contributed by atoms with Gasteiger partial charge in [-0.2, -0.15) is 5.10 Å². The van der Waals surface area contributed by atoms with E-state index in [4.69, 9.17) is 5.73 Å². The number of nitrogens with two attached hydrogens (primary N) is 1. The van der Waals surface area contributed by atoms with Crippen molar-refractivity contribution in [3.8, 4) is 0 Å². The van der Waals surface area contributed by atoms with Crippen LogP contribution in [0.2, 0.25) is 0 Å². The topological polar surface area (TPSA) is 43.8 Å². The third kappa shape index (κ3) is 1.91. The molecule has 1 aromatic heterocycles. The molecule has 72 valence electrons. The highest BCUT2D eigenvalue weighted by Gasteiger charge is 2.18. The van der Waals surface area contributed by atoms with Gasteiger partial charge in [0.05, 0.1) is 0 Å². The summed E-state index contributed by atoms with van der Waals surface area (Å²) in [5.74, 6) is 0.872. The van der Waals surface area contributed by atoms with Gasteiger partial charge in [-0.3, -0.25) is 4.68 Å². The number of nitrogens with zero attached hydrogens (tertiary/aromatic N) is 2. The van der Waals surface area contributed by atoms with Crippen molar-refractivity contribution in [3.05, 3.63) is 18.0 Å². The SMILES string of the molecule is NCCc1ccnn1CC1CCC1. The van der Waals surface area contributed by atoms with E-state index >= 15 is 0 Å². The van der Waals surface area contributed by atoms with E-state index in [1.807, 2.05) is 6.20 Å². The molecule has 1 fully saturated rings. The van der Waals surface area contributed by atoms with Gasteiger partial charge in [0.1, 0.15) is 0 Å². The van der Waals surface area contributed by atoms with Gasteiger partial charge in [-0.25, -0.2) is 0 Å². The van der Waals surface area contributed by atoms with Gasteiger partial charge >= 0.3 is 0 Å². The molecule has 0 atom stereocenters. The van der Waals surface area contributed by atoms with E-state index in [2.05, 4.69) is 15.8 Å². The maximum atomic E-state index is 5.52. The fourth-order valence-corrected chi connectivity index (χ4v) is 1.80. The average molecular weight is 179 g/mol. The molecule has 0 aliphatic heterocycles. The lowest BCUT2D eigenvalue weighted by atomic mass is 9.85. The molecule has 1 saturated carbocycles. The highest BCUT2D eigenvalue weighted by Crippen LogP contribution is 2.27. The summed E-state index contributed by atoms with van der Waals surface area (Å²) < 4.78 is 2.12. The minimum absolute atomic E-state index is 0.719. The third-order valence-electron chi connectivity index (χ3n) is 2.86. The zero-order valence-electron chi connectivity index (χ0n) is 7.95. The summed E-state index contributed by atoms with van der Waals surface area (Å²) in [5.41, 5.74) is 6.81. The molecule has 1 heterocycles. The summed E-state index contributed by atoms with van der Waals surface area (Å²) in [4.78, 5) is 0. The molecular weight excluding hydrogens is 162 g/mol. The predicted octanol–water partition coefficient (Wildman–Crippen LogP) is 1.18. The molecule has 0 spiro atoms. The van der Waals surface area contributed by atoms with Crippen molar-refractivity contribution >= 4 is 0 Å². The van der Waals surface area contributed by atoms with Gasteiger partial charge < -0.3 is 5.73 Å². The number of rotatable bonds is 4. The van der Waals surface area contributed by atoms with Crippen LogP contribution in [0.5, 0.6) is 0 Å². The molecule has 0 bridgehead atoms. The first-order chi connectivity index (χ1) is 6.40. The van der Waals surface area contributed by atoms with Crippen LogP contribution in [0.15, 0.2) is 12.3 Å². The molecule has 0 aromatic carbocycles. The van der Waals surface area contributed by atoms with Gasteiger partial charge in [0.2, 0.25) is 0 Å². The van der Waals surface area contributed by atoms with Crippen molar-refractivity contribution in [2.24, 2.45) is 11.7 Å². The molecule has 0 unspecified atom stereocenters. The molecule has 0 radical (unpaired) electrons. The summed E-state index contributed by atoms with van der Waals surface area (Å²) in [6.07, 6.45) is 6.98. The van der Waals surface area contributed by atoms with Crippen molar-refractivity contribution in [1.29, 1.82) is 0 Å². The maximum Gasteiger partial charge on any atom is 0.0492 e. The molecule has 2 rings (SSSR count). The van der Waals surface area contributed by atoms with Gasteiger partial charge in [-0.15, -0.1) is 0 Å². The van der Waals surface area contributed by atoms with Crippen molar-refractivity contribution in [3.63, 3.8) is 0 Å². The van der Waals surface area contributed by atoms with Gasteiger partial charge in [0.15, 0.2) is 0 Å². The van der Waals surface area contributed by atoms with E-state index in [0.29, 0.717) is 0 Å². The molecule has 3 nitrogen and oxygen atoms in total. The van der Waals surface area contributed by atoms with Crippen LogP contribution in [0, 0.1) is 5.92 Å². The largest absolute Gasteiger partial charge is 0.330 e. The standard InChI is InChI=1S/C10H17N3/c11-6-4-10-5-7-12-13(10)8-9-2-1-3-9/h5,7,9H,1-4,6,8,11H2. The van der Waals surface area contributed by atoms with Crippen molar-refractivity contribution in [1.82, 2.24) is 9.78 Å². The zero-order chi connectivity index (χ0) is 9.10. The first-order valence-corrected chi connectivity index (χ1v) is 5.11. The van der Waals surface area contributed by atoms with Gasteiger partial charge in [0, 0.05) is 24.9 Å². The molecular formula is C10H17N3. The predicted molar refractivity (Wildman–Crippen MR) is 52.3 cm³/mol. The Balaban J connectivity index is 1.96. The van der Waals surface area contributed by atoms with E-state index in [9.17, 15) is 0 Å². The molecule has 13 heavy (non-hydrogen) atoms. The Hall–Kier alpha value is -0.830. The first kappa shape index (κ1) is 8.75. The number of hydrogen-bond donors (Lipinski definition) is 1. The van der Waals surface area contributed by atoms with E-state index in [1.54, 1.807) is 0 Å². The molecule has 2 N–H and O–H groups in total. The van der Waals surface area contributed by atoms with Crippen molar-refractivity contribution in [2.75, 3.05) is 6.54 Å². The zero-order valence-corrected chi connectivity index (χ0v) is 7.95. The smallest absolute Gasteiger partial charge is 0.0492 e. The summed E-state index contributed by atoms with van der Waals surface area (Å²) in [6.45, 7) is 1.82. The lowest BCUT2D eigenvalue weighted by Gasteiger charge is -2.25. The second kappa shape index (κ2) is 3.92. The molecule has 0 saturated heterocycles. The normalized spacial score (nSPS) is 17.3. The van der Waals surface area contributed by atoms with Crippen LogP contribution in [0.25, 0.3) is 0 Å². The van der Waals surface area contributed by atoms with Crippen LogP contribution in [-0.4, -0.2) is 16.3 Å². The van der Waals surface area contributed by atoms with Gasteiger partial charge in [0.25, 0.3) is 0 Å². The molecule has 1 aliphatic rings. The monoisotopic (exact) mass is 179 g/mol. The highest BCUT2D eigenvalue weighted by atomic mass is 15.3. The summed E-state index contributed by atoms with van der Waals surface area (Å²) in [7, 11) is 0. The van der Waals surface area contributed by atoms with Gasteiger partial charge in [-0.05, 0) is 31.4 Å². The molecule has 0 amide bonds. The fraction of sp³-hybridized carbons (Fsp3) is 0.700. The highest BCUT2D eigenvalue weighted by molar-refractivity contribution is 5.01. The maximum absolute atomic E-state index is 5.52. The summed E-state index contributed by atoms with van der Waals surface area (Å²) in [5, 5.41) is 4.32. The van der Waals surface area contributed by atoms with Crippen LogP contribution in [-0.2, 0) is 13.0 Å². The molecule has 3 heteroatoms. The first-order valence-electron chi connectivity index (χ1n) is 5.11. The van der Waals surface area contributed by atoms with Crippen LogP contribution < -0.4 is 5.73 Å². The third-order valence-corrected chi connectivity index (χ3v) is 2.86. The molecule has 1 aromatic rings. The number of aromatic nitrogens is 2. The van der Waals surface area contributed by atoms with Gasteiger partial charge in [-0.1, -0.05) is 6.42 Å². The Bertz CT molecular complexity index is 263. The molecule has 1 aliphatic carbocycles. The number of hydrogen-bond acceptors (Lipinski definition) is 2. The Labute approximate surface area is 78.9 Å². The fourth-order valence-electron chi connectivity index (χ4n) is 1.80. The van der Waals surface area contributed by atoms with E-state index in [-0.39, 0.29) is 0 Å². The van der Waals surface area contributed by atoms with Crippen LogP contribution in [0.3, 0.4) is 0 Å². The van der Waals surface area contributed by atoms with Crippen LogP contribution >= 0.6 is 0 Å². The van der Waals surface area contributed by atoms with Crippen molar-refractivity contribution < 1.29 is 0 Å². The lowest BCUT2D eigenvalue weighted by Crippen LogP contribution is -2.21. The Morgan fingerprint density at radius 3 is 3.00 bits per heavy atom. The Morgan fingerprint density at radius 2 is 2.38 bits per heavy atom. The summed E-state index contributed by atoms with van der Waals surface area (Å²) >= 11 is 0. The minimum Gasteiger partial charge on any atom is -0.330 e. The van der Waals surface area contributed by atoms with Crippen LogP contribution in [0.1, 0.15) is 25.0 Å². The van der Waals surface area contributed by atoms with Crippen LogP contribution in [0.4, 0.5) is 0 Å². The quantitative estimate of drug-likeness (QED) is 0.754. The van der Waals surface area contributed by atoms with E-state index in [0.717, 1.165) is 25.4 Å². The second-order valence-electron chi connectivity index (χ2n) is 3.84. The second-order valence-corrected chi connectivity index (χ2v) is 3.84. The van der Waals surface area contributed by atoms with E-state index in [1.165, 1.54) is 25.0 Å². The average Bonchev–Trinajstić information content (AvgIpc) is 2.46.